The van der Waals surface area contributed by atoms with Gasteiger partial charge in [0.25, 0.3) is 0 Å². The lowest BCUT2D eigenvalue weighted by molar-refractivity contribution is -0.119. The highest BCUT2D eigenvalue weighted by Crippen LogP contribution is 2.21. The van der Waals surface area contributed by atoms with Crippen LogP contribution in [0.3, 0.4) is 0 Å². The van der Waals surface area contributed by atoms with Crippen LogP contribution in [0.5, 0.6) is 0 Å². The van der Waals surface area contributed by atoms with Crippen LogP contribution >= 0.6 is 0 Å². The third-order valence-corrected chi connectivity index (χ3v) is 5.30. The molecule has 1 N–H and O–H groups in total. The van der Waals surface area contributed by atoms with Gasteiger partial charge in [0.1, 0.15) is 6.04 Å². The van der Waals surface area contributed by atoms with Crippen LogP contribution in [0.2, 0.25) is 0 Å². The van der Waals surface area contributed by atoms with E-state index in [0.29, 0.717) is 31.7 Å². The summed E-state index contributed by atoms with van der Waals surface area (Å²) in [6.45, 7) is 0.995. The van der Waals surface area contributed by atoms with E-state index in [2.05, 4.69) is 10.4 Å². The van der Waals surface area contributed by atoms with E-state index in [1.165, 1.54) is 4.31 Å². The molecule has 3 rings (SSSR count). The maximum atomic E-state index is 12.4. The van der Waals surface area contributed by atoms with E-state index in [-0.39, 0.29) is 5.91 Å². The number of hydrogen-bond donors (Lipinski definition) is 1. The number of aromatic nitrogens is 2. The van der Waals surface area contributed by atoms with Gasteiger partial charge in [0.05, 0.1) is 12.8 Å². The minimum Gasteiger partial charge on any atom is -0.308 e. The molecule has 0 unspecified atom stereocenters. The smallest absolute Gasteiger partial charge is 0.244 e. The Morgan fingerprint density at radius 2 is 2.04 bits per heavy atom. The van der Waals surface area contributed by atoms with Crippen LogP contribution in [0, 0.1) is 0 Å². The zero-order chi connectivity index (χ0) is 17.2. The summed E-state index contributed by atoms with van der Waals surface area (Å²) in [7, 11) is -3.38. The monoisotopic (exact) mass is 348 g/mol. The minimum absolute atomic E-state index is 0.331. The normalized spacial score (nSPS) is 18.6. The average Bonchev–Trinajstić information content (AvgIpc) is 3.17. The van der Waals surface area contributed by atoms with Crippen LogP contribution in [0.1, 0.15) is 18.4 Å². The predicted molar refractivity (Wildman–Crippen MR) is 91.0 cm³/mol. The second kappa shape index (κ2) is 6.74. The Morgan fingerprint density at radius 3 is 2.75 bits per heavy atom. The van der Waals surface area contributed by atoms with Crippen molar-refractivity contribution in [1.82, 2.24) is 14.1 Å². The highest BCUT2D eigenvalue weighted by Gasteiger charge is 2.36. The van der Waals surface area contributed by atoms with Gasteiger partial charge in [-0.15, -0.1) is 0 Å². The fraction of sp³-hybridized carbons (Fsp3) is 0.375. The van der Waals surface area contributed by atoms with Gasteiger partial charge in [-0.05, 0) is 18.4 Å². The number of benzene rings is 1. The van der Waals surface area contributed by atoms with Gasteiger partial charge < -0.3 is 5.32 Å². The van der Waals surface area contributed by atoms with Gasteiger partial charge in [-0.25, -0.2) is 8.42 Å². The largest absolute Gasteiger partial charge is 0.308 e. The van der Waals surface area contributed by atoms with Gasteiger partial charge >= 0.3 is 0 Å². The van der Waals surface area contributed by atoms with Gasteiger partial charge in [-0.2, -0.15) is 9.40 Å². The molecule has 1 aliphatic rings. The molecule has 1 aromatic carbocycles. The molecule has 1 amide bonds. The number of anilines is 1. The molecule has 2 aromatic rings. The molecule has 0 bridgehead atoms. The predicted octanol–water partition coefficient (Wildman–Crippen LogP) is 1.29. The molecule has 1 fully saturated rings. The third kappa shape index (κ3) is 3.82. The van der Waals surface area contributed by atoms with Crippen molar-refractivity contribution in [3.63, 3.8) is 0 Å². The molecule has 1 aliphatic heterocycles. The first-order chi connectivity index (χ1) is 11.4. The first-order valence-corrected chi connectivity index (χ1v) is 9.63. The number of nitrogens with one attached hydrogen (secondary N) is 1. The summed E-state index contributed by atoms with van der Waals surface area (Å²) in [6, 6.07) is 10.9. The molecule has 0 saturated carbocycles. The van der Waals surface area contributed by atoms with Crippen molar-refractivity contribution < 1.29 is 13.2 Å². The summed E-state index contributed by atoms with van der Waals surface area (Å²) in [4.78, 5) is 12.4. The summed E-state index contributed by atoms with van der Waals surface area (Å²) in [5.74, 6) is 0.0965. The lowest BCUT2D eigenvalue weighted by Gasteiger charge is -2.20. The van der Waals surface area contributed by atoms with Gasteiger partial charge in [0.15, 0.2) is 5.82 Å². The van der Waals surface area contributed by atoms with Crippen molar-refractivity contribution in [1.29, 1.82) is 0 Å². The molecule has 24 heavy (non-hydrogen) atoms. The van der Waals surface area contributed by atoms with Crippen molar-refractivity contribution in [2.75, 3.05) is 18.1 Å². The van der Waals surface area contributed by atoms with Crippen molar-refractivity contribution in [2.24, 2.45) is 0 Å². The Bertz CT molecular complexity index is 817. The van der Waals surface area contributed by atoms with Gasteiger partial charge in [0, 0.05) is 18.8 Å². The fourth-order valence-electron chi connectivity index (χ4n) is 2.90. The Morgan fingerprint density at radius 1 is 1.29 bits per heavy atom. The van der Waals surface area contributed by atoms with Crippen molar-refractivity contribution in [2.45, 2.75) is 25.4 Å². The second-order valence-corrected chi connectivity index (χ2v) is 7.84. The van der Waals surface area contributed by atoms with Crippen molar-refractivity contribution >= 4 is 21.7 Å². The number of nitrogens with zero attached hydrogens (tertiary/aromatic N) is 3. The van der Waals surface area contributed by atoms with Gasteiger partial charge in [0.2, 0.25) is 15.9 Å². The van der Waals surface area contributed by atoms with E-state index in [1.54, 1.807) is 16.9 Å². The molecule has 7 nitrogen and oxygen atoms in total. The molecule has 128 valence electrons. The van der Waals surface area contributed by atoms with Crippen molar-refractivity contribution in [3.05, 3.63) is 48.2 Å². The Balaban J connectivity index is 1.65. The maximum Gasteiger partial charge on any atom is 0.244 e. The minimum atomic E-state index is -3.38. The van der Waals surface area contributed by atoms with E-state index < -0.39 is 16.1 Å². The van der Waals surface area contributed by atoms with Gasteiger partial charge in [-0.1, -0.05) is 30.3 Å². The average molecular weight is 348 g/mol. The Kier molecular flexibility index (Phi) is 4.68. The van der Waals surface area contributed by atoms with E-state index in [4.69, 9.17) is 0 Å². The summed E-state index contributed by atoms with van der Waals surface area (Å²) < 4.78 is 26.5. The molecular formula is C16H20N4O3S. The number of carbonyl (C=O) groups excluding carboxylic acids is 1. The van der Waals surface area contributed by atoms with Crippen LogP contribution in [-0.4, -0.2) is 47.3 Å². The number of carbonyl (C=O) groups is 1. The Hall–Kier alpha value is -2.19. The van der Waals surface area contributed by atoms with Crippen LogP contribution < -0.4 is 5.32 Å². The lowest BCUT2D eigenvalue weighted by atomic mass is 10.2. The Labute approximate surface area is 141 Å². The fourth-order valence-corrected chi connectivity index (χ4v) is 4.02. The van der Waals surface area contributed by atoms with E-state index in [0.717, 1.165) is 11.8 Å². The molecule has 8 heteroatoms. The highest BCUT2D eigenvalue weighted by molar-refractivity contribution is 7.88. The van der Waals surface area contributed by atoms with E-state index in [1.807, 2.05) is 30.3 Å². The molecule has 0 aliphatic carbocycles. The second-order valence-electron chi connectivity index (χ2n) is 5.91. The van der Waals surface area contributed by atoms with Crippen LogP contribution in [0.25, 0.3) is 0 Å². The summed E-state index contributed by atoms with van der Waals surface area (Å²) in [5, 5.41) is 7.04. The zero-order valence-electron chi connectivity index (χ0n) is 13.4. The number of amides is 1. The number of sulfonamides is 1. The standard InChI is InChI=1S/C16H20N4O3S/c1-24(22,23)20-10-5-8-14(20)16(21)17-15-9-11-19(18-15)12-13-6-3-2-4-7-13/h2-4,6-7,9,11,14H,5,8,10,12H2,1H3,(H,17,18,21)/t14-/m0/s1. The molecular weight excluding hydrogens is 328 g/mol. The van der Waals surface area contributed by atoms with Crippen LogP contribution in [0.4, 0.5) is 5.82 Å². The molecule has 0 radical (unpaired) electrons. The summed E-state index contributed by atoms with van der Waals surface area (Å²) >= 11 is 0. The van der Waals surface area contributed by atoms with E-state index in [9.17, 15) is 13.2 Å². The first-order valence-electron chi connectivity index (χ1n) is 7.78. The van der Waals surface area contributed by atoms with E-state index >= 15 is 0 Å². The van der Waals surface area contributed by atoms with Crippen molar-refractivity contribution in [3.8, 4) is 0 Å². The van der Waals surface area contributed by atoms with Crippen LogP contribution in [0.15, 0.2) is 42.6 Å². The highest BCUT2D eigenvalue weighted by atomic mass is 32.2. The molecule has 2 heterocycles. The molecule has 1 aromatic heterocycles. The summed E-state index contributed by atoms with van der Waals surface area (Å²) in [5.41, 5.74) is 1.11. The topological polar surface area (TPSA) is 84.3 Å². The third-order valence-electron chi connectivity index (χ3n) is 4.01. The zero-order valence-corrected chi connectivity index (χ0v) is 14.2. The lowest BCUT2D eigenvalue weighted by Crippen LogP contribution is -2.42. The number of hydrogen-bond acceptors (Lipinski definition) is 4. The maximum absolute atomic E-state index is 12.4. The SMILES string of the molecule is CS(=O)(=O)N1CCC[C@H]1C(=O)Nc1ccn(Cc2ccccc2)n1. The first kappa shape index (κ1) is 16.7. The molecule has 0 spiro atoms. The van der Waals surface area contributed by atoms with Crippen LogP contribution in [-0.2, 0) is 21.4 Å². The summed E-state index contributed by atoms with van der Waals surface area (Å²) in [6.07, 6.45) is 4.13. The quantitative estimate of drug-likeness (QED) is 0.882. The van der Waals surface area contributed by atoms with Gasteiger partial charge in [-0.3, -0.25) is 9.48 Å². The molecule has 1 saturated heterocycles. The molecule has 1 atom stereocenters. The number of rotatable bonds is 5.